The molecule has 1 aromatic carbocycles. The average molecular weight is 261 g/mol. The van der Waals surface area contributed by atoms with Crippen molar-refractivity contribution in [3.8, 4) is 11.5 Å². The summed E-state index contributed by atoms with van der Waals surface area (Å²) < 4.78 is 10.9. The molecular weight excluding hydrogens is 238 g/mol. The summed E-state index contributed by atoms with van der Waals surface area (Å²) >= 11 is 0. The molecule has 1 fully saturated rings. The van der Waals surface area contributed by atoms with Crippen molar-refractivity contribution in [1.29, 1.82) is 0 Å². The normalized spacial score (nSPS) is 23.3. The number of benzene rings is 1. The molecule has 3 rings (SSSR count). The van der Waals surface area contributed by atoms with Crippen molar-refractivity contribution >= 4 is 0 Å². The molecule has 19 heavy (non-hydrogen) atoms. The number of nitrogens with one attached hydrogen (secondary N) is 1. The SMILES string of the molecule is COc1cc2c(cc1OC)C1(CC1)CNC2C(C)C. The number of methoxy groups -OCH3 is 2. The number of hydrogen-bond donors (Lipinski definition) is 1. The molecule has 1 aromatic rings. The third kappa shape index (κ3) is 1.91. The van der Waals surface area contributed by atoms with Crippen LogP contribution in [0.2, 0.25) is 0 Å². The molecule has 1 aliphatic heterocycles. The third-order valence-corrected chi connectivity index (χ3v) is 4.64. The second kappa shape index (κ2) is 4.41. The predicted octanol–water partition coefficient (Wildman–Crippen LogP) is 3.04. The highest BCUT2D eigenvalue weighted by molar-refractivity contribution is 5.54. The lowest BCUT2D eigenvalue weighted by atomic mass is 9.80. The van der Waals surface area contributed by atoms with Crippen molar-refractivity contribution in [2.24, 2.45) is 5.92 Å². The van der Waals surface area contributed by atoms with Gasteiger partial charge in [0.25, 0.3) is 0 Å². The fraction of sp³-hybridized carbons (Fsp3) is 0.625. The Morgan fingerprint density at radius 2 is 1.79 bits per heavy atom. The van der Waals surface area contributed by atoms with E-state index in [9.17, 15) is 0 Å². The van der Waals surface area contributed by atoms with E-state index >= 15 is 0 Å². The van der Waals surface area contributed by atoms with Gasteiger partial charge in [0.2, 0.25) is 0 Å². The smallest absolute Gasteiger partial charge is 0.161 e. The van der Waals surface area contributed by atoms with E-state index in [1.54, 1.807) is 14.2 Å². The largest absolute Gasteiger partial charge is 0.493 e. The summed E-state index contributed by atoms with van der Waals surface area (Å²) in [4.78, 5) is 0. The first kappa shape index (κ1) is 12.8. The minimum atomic E-state index is 0.361. The van der Waals surface area contributed by atoms with Crippen LogP contribution in [0.1, 0.15) is 43.9 Å². The Labute approximate surface area is 115 Å². The van der Waals surface area contributed by atoms with E-state index < -0.39 is 0 Å². The molecule has 0 amide bonds. The van der Waals surface area contributed by atoms with Gasteiger partial charge >= 0.3 is 0 Å². The molecule has 1 saturated carbocycles. The van der Waals surface area contributed by atoms with Gasteiger partial charge in [-0.3, -0.25) is 0 Å². The maximum Gasteiger partial charge on any atom is 0.161 e. The standard InChI is InChI=1S/C16H23NO2/c1-10(2)15-11-7-13(18-3)14(19-4)8-12(11)16(5-6-16)9-17-15/h7-8,10,15,17H,5-6,9H2,1-4H3. The van der Waals surface area contributed by atoms with Gasteiger partial charge in [-0.1, -0.05) is 13.8 Å². The van der Waals surface area contributed by atoms with Crippen molar-refractivity contribution in [1.82, 2.24) is 5.32 Å². The highest BCUT2D eigenvalue weighted by Gasteiger charge is 2.49. The summed E-state index contributed by atoms with van der Waals surface area (Å²) in [5.74, 6) is 2.27. The summed E-state index contributed by atoms with van der Waals surface area (Å²) in [6, 6.07) is 4.80. The summed E-state index contributed by atoms with van der Waals surface area (Å²) in [7, 11) is 3.42. The van der Waals surface area contributed by atoms with Crippen LogP contribution in [0.3, 0.4) is 0 Å². The molecule has 0 radical (unpaired) electrons. The Kier molecular flexibility index (Phi) is 2.97. The lowest BCUT2D eigenvalue weighted by molar-refractivity contribution is 0.338. The van der Waals surface area contributed by atoms with E-state index in [0.29, 0.717) is 17.4 Å². The van der Waals surface area contributed by atoms with Gasteiger partial charge in [-0.05, 0) is 42.0 Å². The first-order chi connectivity index (χ1) is 9.11. The molecule has 1 heterocycles. The predicted molar refractivity (Wildman–Crippen MR) is 76.0 cm³/mol. The van der Waals surface area contributed by atoms with Gasteiger partial charge in [0.05, 0.1) is 14.2 Å². The van der Waals surface area contributed by atoms with Crippen molar-refractivity contribution in [2.75, 3.05) is 20.8 Å². The maximum absolute atomic E-state index is 5.47. The van der Waals surface area contributed by atoms with Gasteiger partial charge in [0, 0.05) is 18.0 Å². The molecule has 2 aliphatic rings. The number of fused-ring (bicyclic) bond motifs is 2. The molecule has 1 N–H and O–H groups in total. The van der Waals surface area contributed by atoms with Gasteiger partial charge in [-0.15, -0.1) is 0 Å². The fourth-order valence-corrected chi connectivity index (χ4v) is 3.31. The quantitative estimate of drug-likeness (QED) is 0.907. The summed E-state index contributed by atoms with van der Waals surface area (Å²) in [6.45, 7) is 5.63. The van der Waals surface area contributed by atoms with Crippen LogP contribution in [0.15, 0.2) is 12.1 Å². The molecule has 1 aliphatic carbocycles. The van der Waals surface area contributed by atoms with E-state index in [1.807, 2.05) is 0 Å². The van der Waals surface area contributed by atoms with E-state index in [1.165, 1.54) is 24.0 Å². The molecule has 3 heteroatoms. The molecule has 1 atom stereocenters. The topological polar surface area (TPSA) is 30.5 Å². The van der Waals surface area contributed by atoms with Gasteiger partial charge in [-0.25, -0.2) is 0 Å². The monoisotopic (exact) mass is 261 g/mol. The molecule has 0 bridgehead atoms. The Balaban J connectivity index is 2.14. The Hall–Kier alpha value is -1.22. The van der Waals surface area contributed by atoms with Gasteiger partial charge in [0.15, 0.2) is 11.5 Å². The summed E-state index contributed by atoms with van der Waals surface area (Å²) in [6.07, 6.45) is 2.57. The Morgan fingerprint density at radius 3 is 2.32 bits per heavy atom. The van der Waals surface area contributed by atoms with Crippen molar-refractivity contribution in [3.05, 3.63) is 23.3 Å². The van der Waals surface area contributed by atoms with Gasteiger partial charge < -0.3 is 14.8 Å². The van der Waals surface area contributed by atoms with E-state index in [0.717, 1.165) is 18.0 Å². The zero-order chi connectivity index (χ0) is 13.6. The van der Waals surface area contributed by atoms with Crippen LogP contribution in [-0.4, -0.2) is 20.8 Å². The Morgan fingerprint density at radius 1 is 1.16 bits per heavy atom. The van der Waals surface area contributed by atoms with Gasteiger partial charge in [-0.2, -0.15) is 0 Å². The van der Waals surface area contributed by atoms with Crippen LogP contribution in [0.25, 0.3) is 0 Å². The number of rotatable bonds is 3. The molecule has 3 nitrogen and oxygen atoms in total. The number of hydrogen-bond acceptors (Lipinski definition) is 3. The van der Waals surface area contributed by atoms with Crippen molar-refractivity contribution in [3.63, 3.8) is 0 Å². The van der Waals surface area contributed by atoms with Crippen LogP contribution < -0.4 is 14.8 Å². The average Bonchev–Trinajstić information content (AvgIpc) is 3.18. The van der Waals surface area contributed by atoms with Crippen LogP contribution in [0.4, 0.5) is 0 Å². The molecule has 1 spiro atoms. The lowest BCUT2D eigenvalue weighted by Gasteiger charge is -2.36. The van der Waals surface area contributed by atoms with Crippen LogP contribution >= 0.6 is 0 Å². The third-order valence-electron chi connectivity index (χ3n) is 4.64. The van der Waals surface area contributed by atoms with Crippen molar-refractivity contribution < 1.29 is 9.47 Å². The first-order valence-electron chi connectivity index (χ1n) is 7.11. The van der Waals surface area contributed by atoms with Gasteiger partial charge in [0.1, 0.15) is 0 Å². The van der Waals surface area contributed by atoms with Crippen LogP contribution in [0, 0.1) is 5.92 Å². The maximum atomic E-state index is 5.47. The summed E-state index contributed by atoms with van der Waals surface area (Å²) in [5, 5.41) is 3.72. The van der Waals surface area contributed by atoms with Crippen LogP contribution in [-0.2, 0) is 5.41 Å². The number of ether oxygens (including phenoxy) is 2. The summed E-state index contributed by atoms with van der Waals surface area (Å²) in [5.41, 5.74) is 3.24. The zero-order valence-corrected chi connectivity index (χ0v) is 12.2. The minimum Gasteiger partial charge on any atom is -0.493 e. The second-order valence-corrected chi connectivity index (χ2v) is 6.18. The van der Waals surface area contributed by atoms with E-state index in [-0.39, 0.29) is 0 Å². The molecule has 1 unspecified atom stereocenters. The van der Waals surface area contributed by atoms with E-state index in [2.05, 4.69) is 31.3 Å². The minimum absolute atomic E-state index is 0.361. The van der Waals surface area contributed by atoms with E-state index in [4.69, 9.17) is 9.47 Å². The second-order valence-electron chi connectivity index (χ2n) is 6.18. The van der Waals surface area contributed by atoms with Crippen molar-refractivity contribution in [2.45, 2.75) is 38.1 Å². The lowest BCUT2D eigenvalue weighted by Crippen LogP contribution is -2.39. The molecule has 104 valence electrons. The molecular formula is C16H23NO2. The molecule has 0 aromatic heterocycles. The first-order valence-corrected chi connectivity index (χ1v) is 7.11. The highest BCUT2D eigenvalue weighted by atomic mass is 16.5. The Bertz CT molecular complexity index is 492. The fourth-order valence-electron chi connectivity index (χ4n) is 3.31. The molecule has 0 saturated heterocycles. The highest BCUT2D eigenvalue weighted by Crippen LogP contribution is 2.54. The van der Waals surface area contributed by atoms with Crippen LogP contribution in [0.5, 0.6) is 11.5 Å². The zero-order valence-electron chi connectivity index (χ0n) is 12.2.